The fourth-order valence-electron chi connectivity index (χ4n) is 0.976. The van der Waals surface area contributed by atoms with Crippen LogP contribution >= 0.6 is 27.3 Å². The van der Waals surface area contributed by atoms with E-state index in [-0.39, 0.29) is 12.6 Å². The molecule has 1 aromatic heterocycles. The largest absolute Gasteiger partial charge is 0.396 e. The summed E-state index contributed by atoms with van der Waals surface area (Å²) in [4.78, 5) is 1.18. The molecule has 0 unspecified atom stereocenters. The van der Waals surface area contributed by atoms with Gasteiger partial charge in [0, 0.05) is 27.4 Å². The van der Waals surface area contributed by atoms with Crippen LogP contribution in [0.1, 0.15) is 23.8 Å². The third-order valence-corrected chi connectivity index (χ3v) is 3.45. The Kier molecular flexibility index (Phi) is 4.21. The van der Waals surface area contributed by atoms with E-state index in [9.17, 15) is 0 Å². The van der Waals surface area contributed by atoms with Crippen molar-refractivity contribution < 1.29 is 5.11 Å². The molecular weight excluding hydrogens is 238 g/mol. The molecule has 0 bridgehead atoms. The number of hydrogen-bond donors (Lipinski definition) is 2. The second-order valence-electron chi connectivity index (χ2n) is 2.64. The van der Waals surface area contributed by atoms with Crippen LogP contribution in [0.4, 0.5) is 0 Å². The minimum atomic E-state index is 0.0773. The first kappa shape index (κ1) is 10.2. The molecule has 4 heteroatoms. The highest BCUT2D eigenvalue weighted by molar-refractivity contribution is 9.10. The molecule has 0 aliphatic rings. The normalized spacial score (nSPS) is 13.2. The maximum atomic E-state index is 8.61. The zero-order valence-electron chi connectivity index (χ0n) is 6.66. The van der Waals surface area contributed by atoms with Crippen molar-refractivity contribution in [2.75, 3.05) is 6.61 Å². The van der Waals surface area contributed by atoms with E-state index in [0.717, 1.165) is 17.3 Å². The van der Waals surface area contributed by atoms with Crippen molar-refractivity contribution in [2.45, 2.75) is 18.9 Å². The SMILES string of the molecule is N[C@@H](CCCO)c1cc(Br)cs1. The van der Waals surface area contributed by atoms with Gasteiger partial charge in [-0.2, -0.15) is 0 Å². The first-order chi connectivity index (χ1) is 5.74. The zero-order valence-corrected chi connectivity index (χ0v) is 9.07. The van der Waals surface area contributed by atoms with Crippen LogP contribution in [0, 0.1) is 0 Å². The average molecular weight is 250 g/mol. The number of nitrogens with two attached hydrogens (primary N) is 1. The molecule has 2 nitrogen and oxygen atoms in total. The Bertz CT molecular complexity index is 239. The Hall–Kier alpha value is 0.1000. The summed E-state index contributed by atoms with van der Waals surface area (Å²) >= 11 is 5.03. The first-order valence-electron chi connectivity index (χ1n) is 3.84. The minimum absolute atomic E-state index is 0.0773. The minimum Gasteiger partial charge on any atom is -0.396 e. The van der Waals surface area contributed by atoms with E-state index in [1.54, 1.807) is 11.3 Å². The molecule has 0 aromatic carbocycles. The molecule has 0 aliphatic heterocycles. The van der Waals surface area contributed by atoms with E-state index in [4.69, 9.17) is 10.8 Å². The van der Waals surface area contributed by atoms with Crippen LogP contribution in [0.3, 0.4) is 0 Å². The molecule has 0 saturated heterocycles. The van der Waals surface area contributed by atoms with Gasteiger partial charge in [-0.15, -0.1) is 11.3 Å². The molecule has 1 aromatic rings. The van der Waals surface area contributed by atoms with Crippen molar-refractivity contribution in [3.8, 4) is 0 Å². The molecule has 1 heterocycles. The third-order valence-electron chi connectivity index (χ3n) is 1.63. The number of thiophene rings is 1. The molecule has 1 atom stereocenters. The lowest BCUT2D eigenvalue weighted by molar-refractivity contribution is 0.280. The molecular formula is C8H12BrNOS. The van der Waals surface area contributed by atoms with E-state index in [0.29, 0.717) is 0 Å². The highest BCUT2D eigenvalue weighted by atomic mass is 79.9. The van der Waals surface area contributed by atoms with Crippen molar-refractivity contribution in [2.24, 2.45) is 5.73 Å². The van der Waals surface area contributed by atoms with Gasteiger partial charge in [0.1, 0.15) is 0 Å². The standard InChI is InChI=1S/C8H12BrNOS/c9-6-4-8(12-5-6)7(10)2-1-3-11/h4-5,7,11H,1-3,10H2/t7-/m0/s1. The summed E-state index contributed by atoms with van der Waals surface area (Å²) in [5.41, 5.74) is 5.87. The molecule has 0 fully saturated rings. The molecule has 12 heavy (non-hydrogen) atoms. The number of aliphatic hydroxyl groups is 1. The van der Waals surface area contributed by atoms with Gasteiger partial charge in [0.05, 0.1) is 0 Å². The van der Waals surface area contributed by atoms with Crippen LogP contribution in [-0.2, 0) is 0 Å². The molecule has 0 aliphatic carbocycles. The van der Waals surface area contributed by atoms with E-state index in [2.05, 4.69) is 15.9 Å². The van der Waals surface area contributed by atoms with Crippen molar-refractivity contribution in [1.29, 1.82) is 0 Å². The quantitative estimate of drug-likeness (QED) is 0.861. The lowest BCUT2D eigenvalue weighted by atomic mass is 10.1. The maximum Gasteiger partial charge on any atom is 0.0431 e. The van der Waals surface area contributed by atoms with Gasteiger partial charge < -0.3 is 10.8 Å². The Morgan fingerprint density at radius 2 is 2.42 bits per heavy atom. The second-order valence-corrected chi connectivity index (χ2v) is 4.50. The molecule has 1 rings (SSSR count). The van der Waals surface area contributed by atoms with Crippen LogP contribution in [0.15, 0.2) is 15.9 Å². The lowest BCUT2D eigenvalue weighted by Gasteiger charge is -2.06. The summed E-state index contributed by atoms with van der Waals surface area (Å²) < 4.78 is 1.09. The first-order valence-corrected chi connectivity index (χ1v) is 5.51. The van der Waals surface area contributed by atoms with Gasteiger partial charge in [-0.25, -0.2) is 0 Å². The number of halogens is 1. The van der Waals surface area contributed by atoms with Crippen molar-refractivity contribution in [3.63, 3.8) is 0 Å². The van der Waals surface area contributed by atoms with Crippen LogP contribution in [-0.4, -0.2) is 11.7 Å². The van der Waals surface area contributed by atoms with E-state index in [1.807, 2.05) is 11.4 Å². The van der Waals surface area contributed by atoms with Crippen molar-refractivity contribution in [3.05, 3.63) is 20.8 Å². The predicted octanol–water partition coefficient (Wildman–Crippen LogP) is 2.28. The lowest BCUT2D eigenvalue weighted by Crippen LogP contribution is -2.08. The Balaban J connectivity index is 2.47. The molecule has 0 amide bonds. The third kappa shape index (κ3) is 2.86. The smallest absolute Gasteiger partial charge is 0.0431 e. The van der Waals surface area contributed by atoms with Gasteiger partial charge in [-0.1, -0.05) is 0 Å². The summed E-state index contributed by atoms with van der Waals surface area (Å²) in [5, 5.41) is 10.6. The van der Waals surface area contributed by atoms with Gasteiger partial charge >= 0.3 is 0 Å². The van der Waals surface area contributed by atoms with Crippen LogP contribution in [0.5, 0.6) is 0 Å². The molecule has 0 spiro atoms. The van der Waals surface area contributed by atoms with Gasteiger partial charge in [-0.05, 0) is 34.8 Å². The molecule has 0 saturated carbocycles. The summed E-state index contributed by atoms with van der Waals surface area (Å²) in [6, 6.07) is 2.11. The predicted molar refractivity (Wildman–Crippen MR) is 55.3 cm³/mol. The van der Waals surface area contributed by atoms with E-state index < -0.39 is 0 Å². The highest BCUT2D eigenvalue weighted by Crippen LogP contribution is 2.26. The van der Waals surface area contributed by atoms with Gasteiger partial charge in [0.2, 0.25) is 0 Å². The summed E-state index contributed by atoms with van der Waals surface area (Å²) in [5.74, 6) is 0. The van der Waals surface area contributed by atoms with Crippen LogP contribution < -0.4 is 5.73 Å². The van der Waals surface area contributed by atoms with E-state index >= 15 is 0 Å². The fourth-order valence-corrected chi connectivity index (χ4v) is 2.46. The Morgan fingerprint density at radius 3 is 2.92 bits per heavy atom. The molecule has 0 radical (unpaired) electrons. The summed E-state index contributed by atoms with van der Waals surface area (Å²) in [6.45, 7) is 0.222. The van der Waals surface area contributed by atoms with Crippen molar-refractivity contribution in [1.82, 2.24) is 0 Å². The van der Waals surface area contributed by atoms with Crippen molar-refractivity contribution >= 4 is 27.3 Å². The number of rotatable bonds is 4. The summed E-state index contributed by atoms with van der Waals surface area (Å²) in [7, 11) is 0. The number of aliphatic hydroxyl groups excluding tert-OH is 1. The topological polar surface area (TPSA) is 46.2 Å². The molecule has 68 valence electrons. The zero-order chi connectivity index (χ0) is 8.97. The fraction of sp³-hybridized carbons (Fsp3) is 0.500. The van der Waals surface area contributed by atoms with Crippen LogP contribution in [0.25, 0.3) is 0 Å². The average Bonchev–Trinajstić information content (AvgIpc) is 2.47. The Morgan fingerprint density at radius 1 is 1.67 bits per heavy atom. The monoisotopic (exact) mass is 249 g/mol. The van der Waals surface area contributed by atoms with Gasteiger partial charge in [0.25, 0.3) is 0 Å². The second kappa shape index (κ2) is 4.97. The van der Waals surface area contributed by atoms with Gasteiger partial charge in [0.15, 0.2) is 0 Å². The van der Waals surface area contributed by atoms with Crippen LogP contribution in [0.2, 0.25) is 0 Å². The summed E-state index contributed by atoms with van der Waals surface area (Å²) in [6.07, 6.45) is 1.63. The van der Waals surface area contributed by atoms with Gasteiger partial charge in [-0.3, -0.25) is 0 Å². The Labute approximate surface area is 84.5 Å². The number of hydrogen-bond acceptors (Lipinski definition) is 3. The van der Waals surface area contributed by atoms with E-state index in [1.165, 1.54) is 4.88 Å². The molecule has 3 N–H and O–H groups in total. The maximum absolute atomic E-state index is 8.61. The highest BCUT2D eigenvalue weighted by Gasteiger charge is 2.07.